The standard InChI is InChI=1S/C19H27N3O/c1-14(2)18-12-19(20)22(21-18)16-9-6-10-17(11-16)23-13-15-7-4-3-5-8-15/h3-5,7-8,12,14,16-17H,6,9-11,13,20H2,1-2H3. The van der Waals surface area contributed by atoms with E-state index in [9.17, 15) is 0 Å². The van der Waals surface area contributed by atoms with Gasteiger partial charge in [-0.2, -0.15) is 5.10 Å². The van der Waals surface area contributed by atoms with Crippen molar-refractivity contribution in [2.75, 3.05) is 5.73 Å². The lowest BCUT2D eigenvalue weighted by atomic mass is 9.93. The summed E-state index contributed by atoms with van der Waals surface area (Å²) < 4.78 is 8.15. The Labute approximate surface area is 138 Å². The summed E-state index contributed by atoms with van der Waals surface area (Å²) in [7, 11) is 0. The van der Waals surface area contributed by atoms with E-state index in [2.05, 4.69) is 38.1 Å². The van der Waals surface area contributed by atoms with Gasteiger partial charge in [0, 0.05) is 6.07 Å². The average Bonchev–Trinajstić information content (AvgIpc) is 2.96. The van der Waals surface area contributed by atoms with Crippen LogP contribution in [0.4, 0.5) is 5.82 Å². The fourth-order valence-corrected chi connectivity index (χ4v) is 3.29. The molecule has 0 spiro atoms. The molecule has 0 aliphatic heterocycles. The highest BCUT2D eigenvalue weighted by Crippen LogP contribution is 2.32. The highest BCUT2D eigenvalue weighted by Gasteiger charge is 2.26. The number of rotatable bonds is 5. The second kappa shape index (κ2) is 7.18. The molecule has 0 bridgehead atoms. The predicted molar refractivity (Wildman–Crippen MR) is 93.3 cm³/mol. The van der Waals surface area contributed by atoms with Crippen LogP contribution < -0.4 is 5.73 Å². The molecule has 0 radical (unpaired) electrons. The van der Waals surface area contributed by atoms with Crippen LogP contribution in [-0.4, -0.2) is 15.9 Å². The van der Waals surface area contributed by atoms with Crippen LogP contribution in [-0.2, 0) is 11.3 Å². The first-order chi connectivity index (χ1) is 11.1. The third-order valence-corrected chi connectivity index (χ3v) is 4.65. The van der Waals surface area contributed by atoms with Gasteiger partial charge in [-0.3, -0.25) is 0 Å². The molecule has 1 heterocycles. The third kappa shape index (κ3) is 3.94. The average molecular weight is 313 g/mol. The number of benzene rings is 1. The second-order valence-corrected chi connectivity index (χ2v) is 6.83. The van der Waals surface area contributed by atoms with Crippen LogP contribution in [0.1, 0.15) is 62.7 Å². The first-order valence-electron chi connectivity index (χ1n) is 8.64. The number of nitrogen functional groups attached to an aromatic ring is 1. The fraction of sp³-hybridized carbons (Fsp3) is 0.526. The van der Waals surface area contributed by atoms with E-state index in [4.69, 9.17) is 15.6 Å². The zero-order valence-corrected chi connectivity index (χ0v) is 14.1. The van der Waals surface area contributed by atoms with E-state index in [0.29, 0.717) is 24.7 Å². The first kappa shape index (κ1) is 16.1. The molecule has 4 heteroatoms. The maximum absolute atomic E-state index is 6.18. The summed E-state index contributed by atoms with van der Waals surface area (Å²) in [6, 6.07) is 12.7. The van der Waals surface area contributed by atoms with E-state index in [1.165, 1.54) is 12.0 Å². The van der Waals surface area contributed by atoms with Crippen molar-refractivity contribution in [2.24, 2.45) is 0 Å². The maximum atomic E-state index is 6.18. The molecule has 0 saturated heterocycles. The topological polar surface area (TPSA) is 53.1 Å². The van der Waals surface area contributed by atoms with Crippen molar-refractivity contribution >= 4 is 5.82 Å². The van der Waals surface area contributed by atoms with Crippen LogP contribution in [0.3, 0.4) is 0 Å². The van der Waals surface area contributed by atoms with Gasteiger partial charge < -0.3 is 10.5 Å². The van der Waals surface area contributed by atoms with E-state index < -0.39 is 0 Å². The predicted octanol–water partition coefficient (Wildman–Crippen LogP) is 4.29. The van der Waals surface area contributed by atoms with Gasteiger partial charge in [0.25, 0.3) is 0 Å². The van der Waals surface area contributed by atoms with Crippen LogP contribution in [0.25, 0.3) is 0 Å². The van der Waals surface area contributed by atoms with Crippen molar-refractivity contribution in [1.29, 1.82) is 0 Å². The molecule has 3 rings (SSSR count). The zero-order chi connectivity index (χ0) is 16.2. The molecule has 2 N–H and O–H groups in total. The highest BCUT2D eigenvalue weighted by atomic mass is 16.5. The third-order valence-electron chi connectivity index (χ3n) is 4.65. The van der Waals surface area contributed by atoms with Gasteiger partial charge in [-0.05, 0) is 37.2 Å². The normalized spacial score (nSPS) is 21.7. The first-order valence-corrected chi connectivity index (χ1v) is 8.64. The molecule has 2 atom stereocenters. The summed E-state index contributed by atoms with van der Waals surface area (Å²) in [5, 5.41) is 4.72. The van der Waals surface area contributed by atoms with Crippen molar-refractivity contribution in [1.82, 2.24) is 9.78 Å². The molecule has 1 aliphatic carbocycles. The van der Waals surface area contributed by atoms with Crippen LogP contribution in [0, 0.1) is 0 Å². The molecule has 2 aromatic rings. The van der Waals surface area contributed by atoms with E-state index in [-0.39, 0.29) is 0 Å². The minimum absolute atomic E-state index is 0.292. The van der Waals surface area contributed by atoms with Crippen molar-refractivity contribution in [3.8, 4) is 0 Å². The molecule has 124 valence electrons. The van der Waals surface area contributed by atoms with Crippen LogP contribution in [0.15, 0.2) is 36.4 Å². The Bertz CT molecular complexity index is 621. The van der Waals surface area contributed by atoms with Gasteiger partial charge in [-0.25, -0.2) is 4.68 Å². The number of aromatic nitrogens is 2. The molecule has 23 heavy (non-hydrogen) atoms. The molecule has 1 aromatic carbocycles. The van der Waals surface area contributed by atoms with E-state index >= 15 is 0 Å². The number of anilines is 1. The Kier molecular flexibility index (Phi) is 5.01. The molecule has 1 fully saturated rings. The van der Waals surface area contributed by atoms with Crippen molar-refractivity contribution in [3.63, 3.8) is 0 Å². The molecule has 0 amide bonds. The number of nitrogens with two attached hydrogens (primary N) is 1. The van der Waals surface area contributed by atoms with Crippen molar-refractivity contribution in [3.05, 3.63) is 47.7 Å². The van der Waals surface area contributed by atoms with Gasteiger partial charge in [-0.1, -0.05) is 44.2 Å². The molecule has 1 aromatic heterocycles. The minimum Gasteiger partial charge on any atom is -0.384 e. The van der Waals surface area contributed by atoms with E-state index in [1.807, 2.05) is 16.8 Å². The Morgan fingerprint density at radius 1 is 1.26 bits per heavy atom. The minimum atomic E-state index is 0.292. The second-order valence-electron chi connectivity index (χ2n) is 6.83. The number of ether oxygens (including phenoxy) is 1. The molecule has 1 aliphatic rings. The van der Waals surface area contributed by atoms with Gasteiger partial charge in [0.05, 0.1) is 24.4 Å². The van der Waals surface area contributed by atoms with Crippen LogP contribution >= 0.6 is 0 Å². The van der Waals surface area contributed by atoms with Crippen molar-refractivity contribution in [2.45, 2.75) is 64.2 Å². The van der Waals surface area contributed by atoms with Gasteiger partial charge >= 0.3 is 0 Å². The highest BCUT2D eigenvalue weighted by molar-refractivity contribution is 5.32. The summed E-state index contributed by atoms with van der Waals surface area (Å²) in [6.45, 7) is 4.99. The lowest BCUT2D eigenvalue weighted by Gasteiger charge is -2.30. The van der Waals surface area contributed by atoms with Gasteiger partial charge in [0.15, 0.2) is 0 Å². The summed E-state index contributed by atoms with van der Waals surface area (Å²) in [5.74, 6) is 1.19. The SMILES string of the molecule is CC(C)c1cc(N)n(C2CCCC(OCc3ccccc3)C2)n1. The van der Waals surface area contributed by atoms with Gasteiger partial charge in [-0.15, -0.1) is 0 Å². The maximum Gasteiger partial charge on any atom is 0.122 e. The Morgan fingerprint density at radius 3 is 2.74 bits per heavy atom. The zero-order valence-electron chi connectivity index (χ0n) is 14.1. The number of nitrogens with zero attached hydrogens (tertiary/aromatic N) is 2. The molecular weight excluding hydrogens is 286 g/mol. The van der Waals surface area contributed by atoms with Gasteiger partial charge in [0.1, 0.15) is 5.82 Å². The monoisotopic (exact) mass is 313 g/mol. The Morgan fingerprint density at radius 2 is 2.04 bits per heavy atom. The number of hydrogen-bond acceptors (Lipinski definition) is 3. The summed E-state index contributed by atoms with van der Waals surface area (Å²) in [5.41, 5.74) is 8.49. The van der Waals surface area contributed by atoms with E-state index in [0.717, 1.165) is 30.8 Å². The molecule has 4 nitrogen and oxygen atoms in total. The Hall–Kier alpha value is -1.81. The van der Waals surface area contributed by atoms with E-state index in [1.54, 1.807) is 0 Å². The van der Waals surface area contributed by atoms with Gasteiger partial charge in [0.2, 0.25) is 0 Å². The summed E-state index contributed by atoms with van der Waals surface area (Å²) >= 11 is 0. The van der Waals surface area contributed by atoms with Crippen molar-refractivity contribution < 1.29 is 4.74 Å². The quantitative estimate of drug-likeness (QED) is 0.896. The fourth-order valence-electron chi connectivity index (χ4n) is 3.29. The molecule has 2 unspecified atom stereocenters. The molecule has 1 saturated carbocycles. The number of hydrogen-bond donors (Lipinski definition) is 1. The van der Waals surface area contributed by atoms with Crippen LogP contribution in [0.2, 0.25) is 0 Å². The lowest BCUT2D eigenvalue weighted by Crippen LogP contribution is -2.26. The largest absolute Gasteiger partial charge is 0.384 e. The summed E-state index contributed by atoms with van der Waals surface area (Å²) in [4.78, 5) is 0. The molecular formula is C19H27N3O. The smallest absolute Gasteiger partial charge is 0.122 e. The lowest BCUT2D eigenvalue weighted by molar-refractivity contribution is 0.00295. The Balaban J connectivity index is 1.62. The summed E-state index contributed by atoms with van der Waals surface area (Å²) in [6.07, 6.45) is 4.72. The van der Waals surface area contributed by atoms with Crippen LogP contribution in [0.5, 0.6) is 0 Å².